The topological polar surface area (TPSA) is 39.4 Å². The van der Waals surface area contributed by atoms with Gasteiger partial charge in [-0.3, -0.25) is 0 Å². The molecule has 0 fully saturated rings. The lowest BCUT2D eigenvalue weighted by molar-refractivity contribution is 0.0526. The van der Waals surface area contributed by atoms with Gasteiger partial charge in [-0.05, 0) is 13.0 Å². The number of esters is 1. The monoisotopic (exact) mass is 268 g/mol. The van der Waals surface area contributed by atoms with Crippen LogP contribution in [0.4, 0.5) is 0 Å². The number of ether oxygens (including phenoxy) is 1. The molecule has 0 aliphatic rings. The van der Waals surface area contributed by atoms with Crippen LogP contribution in [0.5, 0.6) is 0 Å². The third-order valence-electron chi connectivity index (χ3n) is 2.88. The summed E-state index contributed by atoms with van der Waals surface area (Å²) in [6.07, 6.45) is 3.14. The molecule has 3 nitrogen and oxygen atoms in total. The summed E-state index contributed by atoms with van der Waals surface area (Å²) in [7, 11) is 0. The third kappa shape index (κ3) is 2.43. The molecule has 0 aliphatic heterocycles. The molecule has 0 N–H and O–H groups in total. The van der Waals surface area contributed by atoms with Crippen LogP contribution in [-0.2, 0) is 4.74 Å². The van der Waals surface area contributed by atoms with E-state index in [0.29, 0.717) is 29.3 Å². The number of carbonyl (C=O) groups excluding carboxylic acids is 1. The van der Waals surface area contributed by atoms with Gasteiger partial charge in [0, 0.05) is 11.1 Å². The molecule has 102 valence electrons. The fraction of sp³-hybridized carbons (Fsp3) is 0.118. The summed E-state index contributed by atoms with van der Waals surface area (Å²) < 4.78 is 10.9. The Morgan fingerprint density at radius 2 is 1.95 bits per heavy atom. The van der Waals surface area contributed by atoms with E-state index in [1.165, 1.54) is 0 Å². The van der Waals surface area contributed by atoms with Crippen molar-refractivity contribution in [2.45, 2.75) is 6.92 Å². The van der Waals surface area contributed by atoms with Crippen molar-refractivity contribution in [1.82, 2.24) is 0 Å². The fourth-order valence-electron chi connectivity index (χ4n) is 2.01. The van der Waals surface area contributed by atoms with E-state index in [1.807, 2.05) is 30.3 Å². The molecular formula is C17H16O3. The highest BCUT2D eigenvalue weighted by Crippen LogP contribution is 2.33. The van der Waals surface area contributed by atoms with Gasteiger partial charge in [0.25, 0.3) is 0 Å². The molecule has 20 heavy (non-hydrogen) atoms. The van der Waals surface area contributed by atoms with E-state index in [-0.39, 0.29) is 0 Å². The first kappa shape index (κ1) is 13.9. The molecule has 3 heteroatoms. The van der Waals surface area contributed by atoms with Gasteiger partial charge in [-0.2, -0.15) is 0 Å². The number of hydrogen-bond acceptors (Lipinski definition) is 3. The molecular weight excluding hydrogens is 252 g/mol. The van der Waals surface area contributed by atoms with Gasteiger partial charge in [0.2, 0.25) is 0 Å². The Morgan fingerprint density at radius 1 is 1.25 bits per heavy atom. The summed E-state index contributed by atoms with van der Waals surface area (Å²) in [5.74, 6) is 0.578. The minimum absolute atomic E-state index is 0.304. The molecule has 0 amide bonds. The zero-order valence-corrected chi connectivity index (χ0v) is 11.4. The first-order valence-electron chi connectivity index (χ1n) is 6.37. The van der Waals surface area contributed by atoms with Crippen molar-refractivity contribution in [2.75, 3.05) is 6.61 Å². The second kappa shape index (κ2) is 6.06. The SMILES string of the molecule is C=Cc1oc(-c2ccccc2)c(C(=O)OCC)c1C=C. The highest BCUT2D eigenvalue weighted by atomic mass is 16.5. The van der Waals surface area contributed by atoms with Gasteiger partial charge in [-0.15, -0.1) is 0 Å². The van der Waals surface area contributed by atoms with Crippen molar-refractivity contribution in [3.05, 3.63) is 60.4 Å². The molecule has 0 spiro atoms. The van der Waals surface area contributed by atoms with E-state index in [9.17, 15) is 4.79 Å². The first-order chi connectivity index (χ1) is 9.72. The normalized spacial score (nSPS) is 10.1. The maximum atomic E-state index is 12.2. The van der Waals surface area contributed by atoms with E-state index in [2.05, 4.69) is 13.2 Å². The Morgan fingerprint density at radius 3 is 2.50 bits per heavy atom. The smallest absolute Gasteiger partial charge is 0.342 e. The summed E-state index contributed by atoms with van der Waals surface area (Å²) in [6, 6.07) is 9.42. The molecule has 0 radical (unpaired) electrons. The molecule has 0 saturated carbocycles. The predicted octanol–water partition coefficient (Wildman–Crippen LogP) is 4.41. The van der Waals surface area contributed by atoms with Crippen LogP contribution in [0.25, 0.3) is 23.5 Å². The van der Waals surface area contributed by atoms with Crippen molar-refractivity contribution in [2.24, 2.45) is 0 Å². The van der Waals surface area contributed by atoms with Crippen LogP contribution in [0.15, 0.2) is 47.9 Å². The maximum absolute atomic E-state index is 12.2. The lowest BCUT2D eigenvalue weighted by atomic mass is 10.0. The number of rotatable bonds is 5. The molecule has 1 aromatic heterocycles. The van der Waals surface area contributed by atoms with Crippen molar-refractivity contribution < 1.29 is 13.9 Å². The second-order valence-electron chi connectivity index (χ2n) is 4.08. The van der Waals surface area contributed by atoms with Gasteiger partial charge >= 0.3 is 5.97 Å². The summed E-state index contributed by atoms with van der Waals surface area (Å²) in [6.45, 7) is 9.50. The van der Waals surface area contributed by atoms with Crippen molar-refractivity contribution >= 4 is 18.1 Å². The maximum Gasteiger partial charge on any atom is 0.342 e. The number of furan rings is 1. The molecule has 0 atom stereocenters. The Balaban J connectivity index is 2.67. The van der Waals surface area contributed by atoms with E-state index < -0.39 is 5.97 Å². The van der Waals surface area contributed by atoms with E-state index in [0.717, 1.165) is 5.56 Å². The Hall–Kier alpha value is -2.55. The molecule has 1 aromatic carbocycles. The van der Waals surface area contributed by atoms with Gasteiger partial charge in [-0.1, -0.05) is 49.6 Å². The van der Waals surface area contributed by atoms with Crippen LogP contribution in [0.2, 0.25) is 0 Å². The summed E-state index contributed by atoms with van der Waals surface area (Å²) in [5, 5.41) is 0. The summed E-state index contributed by atoms with van der Waals surface area (Å²) in [4.78, 5) is 12.2. The van der Waals surface area contributed by atoms with Crippen molar-refractivity contribution in [3.63, 3.8) is 0 Å². The van der Waals surface area contributed by atoms with Crippen molar-refractivity contribution in [3.8, 4) is 11.3 Å². The molecule has 0 saturated heterocycles. The lowest BCUT2D eigenvalue weighted by Crippen LogP contribution is -2.06. The van der Waals surface area contributed by atoms with Crippen LogP contribution in [0.3, 0.4) is 0 Å². The molecule has 0 unspecified atom stereocenters. The number of carbonyl (C=O) groups is 1. The number of benzene rings is 1. The molecule has 2 aromatic rings. The average Bonchev–Trinajstić information content (AvgIpc) is 2.87. The molecule has 2 rings (SSSR count). The van der Waals surface area contributed by atoms with Crippen LogP contribution < -0.4 is 0 Å². The van der Waals surface area contributed by atoms with E-state index in [4.69, 9.17) is 9.15 Å². The average molecular weight is 268 g/mol. The summed E-state index contributed by atoms with van der Waals surface area (Å²) in [5.41, 5.74) is 1.81. The van der Waals surface area contributed by atoms with Crippen LogP contribution in [0.1, 0.15) is 28.6 Å². The van der Waals surface area contributed by atoms with Gasteiger partial charge in [-0.25, -0.2) is 4.79 Å². The second-order valence-corrected chi connectivity index (χ2v) is 4.08. The highest BCUT2D eigenvalue weighted by Gasteiger charge is 2.24. The first-order valence-corrected chi connectivity index (χ1v) is 6.37. The molecule has 0 bridgehead atoms. The van der Waals surface area contributed by atoms with E-state index >= 15 is 0 Å². The van der Waals surface area contributed by atoms with Crippen molar-refractivity contribution in [1.29, 1.82) is 0 Å². The highest BCUT2D eigenvalue weighted by molar-refractivity contribution is 6.01. The minimum Gasteiger partial charge on any atom is -0.462 e. The zero-order valence-electron chi connectivity index (χ0n) is 11.4. The van der Waals surface area contributed by atoms with E-state index in [1.54, 1.807) is 19.1 Å². The minimum atomic E-state index is -0.418. The van der Waals surface area contributed by atoms with Gasteiger partial charge in [0.1, 0.15) is 17.1 Å². The molecule has 1 heterocycles. The fourth-order valence-corrected chi connectivity index (χ4v) is 2.01. The van der Waals surface area contributed by atoms with Crippen LogP contribution in [-0.4, -0.2) is 12.6 Å². The third-order valence-corrected chi connectivity index (χ3v) is 2.88. The Kier molecular flexibility index (Phi) is 4.20. The predicted molar refractivity (Wildman–Crippen MR) is 80.3 cm³/mol. The van der Waals surface area contributed by atoms with Gasteiger partial charge < -0.3 is 9.15 Å². The molecule has 0 aliphatic carbocycles. The lowest BCUT2D eigenvalue weighted by Gasteiger charge is -2.03. The standard InChI is InChI=1S/C17H16O3/c1-4-13-14(5-2)20-16(12-10-8-7-9-11-12)15(13)17(18)19-6-3/h4-5,7-11H,1-2,6H2,3H3. The van der Waals surface area contributed by atoms with Gasteiger partial charge in [0.05, 0.1) is 6.61 Å². The van der Waals surface area contributed by atoms with Gasteiger partial charge in [0.15, 0.2) is 0 Å². The Bertz CT molecular complexity index is 636. The zero-order chi connectivity index (χ0) is 14.5. The summed E-state index contributed by atoms with van der Waals surface area (Å²) >= 11 is 0. The number of hydrogen-bond donors (Lipinski definition) is 0. The quantitative estimate of drug-likeness (QED) is 0.754. The Labute approximate surface area is 118 Å². The van der Waals surface area contributed by atoms with Crippen LogP contribution >= 0.6 is 0 Å². The largest absolute Gasteiger partial charge is 0.462 e. The van der Waals surface area contributed by atoms with Crippen LogP contribution in [0, 0.1) is 0 Å².